The van der Waals surface area contributed by atoms with E-state index in [1.165, 1.54) is 5.56 Å². The minimum absolute atomic E-state index is 0.00354. The van der Waals surface area contributed by atoms with Gasteiger partial charge < -0.3 is 15.7 Å². The number of benzene rings is 2. The fraction of sp³-hybridized carbons (Fsp3) is 0.381. The molecule has 2 aromatic carbocycles. The van der Waals surface area contributed by atoms with Crippen LogP contribution < -0.4 is 10.6 Å². The van der Waals surface area contributed by atoms with E-state index in [1.54, 1.807) is 0 Å². The number of rotatable bonds is 8. The fourth-order valence-electron chi connectivity index (χ4n) is 2.80. The molecule has 4 heteroatoms. The molecule has 0 aliphatic heterocycles. The van der Waals surface area contributed by atoms with Crippen LogP contribution in [0.25, 0.3) is 0 Å². The normalized spacial score (nSPS) is 13.3. The topological polar surface area (TPSA) is 61.4 Å². The summed E-state index contributed by atoms with van der Waals surface area (Å²) in [6, 6.07) is 15.9. The Balaban J connectivity index is 1.73. The average Bonchev–Trinajstić information content (AvgIpc) is 2.56. The van der Waals surface area contributed by atoms with Crippen molar-refractivity contribution in [2.45, 2.75) is 45.8 Å². The molecule has 25 heavy (non-hydrogen) atoms. The van der Waals surface area contributed by atoms with Gasteiger partial charge in [-0.1, -0.05) is 48.0 Å². The van der Waals surface area contributed by atoms with Gasteiger partial charge in [0, 0.05) is 24.7 Å². The minimum atomic E-state index is -0.466. The molecule has 0 spiro atoms. The average molecular weight is 340 g/mol. The Morgan fingerprint density at radius 2 is 1.84 bits per heavy atom. The Bertz CT molecular complexity index is 686. The van der Waals surface area contributed by atoms with E-state index in [0.717, 1.165) is 16.8 Å². The van der Waals surface area contributed by atoms with E-state index in [9.17, 15) is 9.90 Å². The number of amides is 1. The number of nitrogens with one attached hydrogen (secondary N) is 2. The summed E-state index contributed by atoms with van der Waals surface area (Å²) in [6.07, 6.45) is 0.507. The Hall–Kier alpha value is -2.17. The summed E-state index contributed by atoms with van der Waals surface area (Å²) < 4.78 is 0. The molecule has 0 unspecified atom stereocenters. The lowest BCUT2D eigenvalue weighted by molar-refractivity contribution is -0.116. The predicted molar refractivity (Wildman–Crippen MR) is 103 cm³/mol. The van der Waals surface area contributed by atoms with Crippen molar-refractivity contribution in [1.82, 2.24) is 5.32 Å². The van der Waals surface area contributed by atoms with Gasteiger partial charge in [-0.25, -0.2) is 0 Å². The second-order valence-corrected chi connectivity index (χ2v) is 6.72. The molecule has 2 atom stereocenters. The Morgan fingerprint density at radius 1 is 1.12 bits per heavy atom. The lowest BCUT2D eigenvalue weighted by atomic mass is 10.1. The van der Waals surface area contributed by atoms with Crippen molar-refractivity contribution >= 4 is 11.6 Å². The van der Waals surface area contributed by atoms with Gasteiger partial charge in [0.25, 0.3) is 0 Å². The molecule has 0 saturated carbocycles. The number of aryl methyl sites for hydroxylation is 2. The third-order valence-corrected chi connectivity index (χ3v) is 4.16. The zero-order chi connectivity index (χ0) is 18.2. The second-order valence-electron chi connectivity index (χ2n) is 6.72. The molecule has 0 fully saturated rings. The maximum atomic E-state index is 12.2. The molecule has 134 valence electrons. The first-order valence-electron chi connectivity index (χ1n) is 8.76. The van der Waals surface area contributed by atoms with Crippen molar-refractivity contribution < 1.29 is 9.90 Å². The number of hydrogen-bond acceptors (Lipinski definition) is 3. The van der Waals surface area contributed by atoms with Crippen LogP contribution in [0.5, 0.6) is 0 Å². The molecule has 0 aliphatic rings. The summed E-state index contributed by atoms with van der Waals surface area (Å²) in [5.74, 6) is -0.0236. The Labute approximate surface area is 150 Å². The van der Waals surface area contributed by atoms with Gasteiger partial charge in [0.1, 0.15) is 0 Å². The van der Waals surface area contributed by atoms with E-state index in [1.807, 2.05) is 63.2 Å². The highest BCUT2D eigenvalue weighted by atomic mass is 16.3. The molecule has 0 radical (unpaired) electrons. The van der Waals surface area contributed by atoms with Gasteiger partial charge in [-0.3, -0.25) is 4.79 Å². The Morgan fingerprint density at radius 3 is 2.52 bits per heavy atom. The number of hydrogen-bond donors (Lipinski definition) is 3. The first-order chi connectivity index (χ1) is 11.9. The van der Waals surface area contributed by atoms with Crippen LogP contribution in [-0.2, 0) is 11.2 Å². The van der Waals surface area contributed by atoms with Crippen LogP contribution in [0.15, 0.2) is 48.5 Å². The zero-order valence-electron chi connectivity index (χ0n) is 15.3. The van der Waals surface area contributed by atoms with Gasteiger partial charge >= 0.3 is 0 Å². The number of carbonyl (C=O) groups excluding carboxylic acids is 1. The molecule has 1 amide bonds. The summed E-state index contributed by atoms with van der Waals surface area (Å²) >= 11 is 0. The molecule has 0 bridgehead atoms. The van der Waals surface area contributed by atoms with Gasteiger partial charge in [-0.2, -0.15) is 0 Å². The van der Waals surface area contributed by atoms with E-state index >= 15 is 0 Å². The van der Waals surface area contributed by atoms with E-state index in [4.69, 9.17) is 0 Å². The third-order valence-electron chi connectivity index (χ3n) is 4.16. The zero-order valence-corrected chi connectivity index (χ0v) is 15.3. The van der Waals surface area contributed by atoms with Crippen molar-refractivity contribution in [3.05, 3.63) is 65.2 Å². The van der Waals surface area contributed by atoms with Crippen LogP contribution in [0.4, 0.5) is 5.69 Å². The van der Waals surface area contributed by atoms with Crippen LogP contribution >= 0.6 is 0 Å². The summed E-state index contributed by atoms with van der Waals surface area (Å²) in [5.41, 5.74) is 4.20. The standard InChI is InChI=1S/C21H28N2O2/c1-15-9-10-20(16(2)11-15)23-21(25)12-17(3)22-14-19(24)13-18-7-5-4-6-8-18/h4-11,17,19,22,24H,12-14H2,1-3H3,(H,23,25)/t17-,19+/m0/s1. The van der Waals surface area contributed by atoms with Crippen molar-refractivity contribution in [2.24, 2.45) is 0 Å². The molecule has 2 rings (SSSR count). The van der Waals surface area contributed by atoms with Crippen molar-refractivity contribution in [3.8, 4) is 0 Å². The SMILES string of the molecule is Cc1ccc(NC(=O)C[C@H](C)NC[C@H](O)Cc2ccccc2)c(C)c1. The first kappa shape index (κ1) is 19.2. The summed E-state index contributed by atoms with van der Waals surface area (Å²) in [6.45, 7) is 6.44. The monoisotopic (exact) mass is 340 g/mol. The van der Waals surface area contributed by atoms with Crippen molar-refractivity contribution in [1.29, 1.82) is 0 Å². The number of anilines is 1. The summed E-state index contributed by atoms with van der Waals surface area (Å²) in [4.78, 5) is 12.2. The molecule has 0 saturated heterocycles. The third kappa shape index (κ3) is 6.69. The Kier molecular flexibility index (Phi) is 7.16. The highest BCUT2D eigenvalue weighted by Crippen LogP contribution is 2.16. The highest BCUT2D eigenvalue weighted by molar-refractivity contribution is 5.91. The molecular formula is C21H28N2O2. The molecule has 4 nitrogen and oxygen atoms in total. The van der Waals surface area contributed by atoms with Crippen LogP contribution in [0.3, 0.4) is 0 Å². The minimum Gasteiger partial charge on any atom is -0.391 e. The fourth-order valence-corrected chi connectivity index (χ4v) is 2.80. The molecular weight excluding hydrogens is 312 g/mol. The lowest BCUT2D eigenvalue weighted by Crippen LogP contribution is -2.37. The van der Waals surface area contributed by atoms with Crippen LogP contribution in [0.2, 0.25) is 0 Å². The summed E-state index contributed by atoms with van der Waals surface area (Å²) in [5, 5.41) is 16.3. The van der Waals surface area contributed by atoms with Crippen molar-refractivity contribution in [2.75, 3.05) is 11.9 Å². The van der Waals surface area contributed by atoms with Crippen LogP contribution in [0.1, 0.15) is 30.0 Å². The first-order valence-corrected chi connectivity index (χ1v) is 8.76. The summed E-state index contributed by atoms with van der Waals surface area (Å²) in [7, 11) is 0. The number of aliphatic hydroxyl groups is 1. The second kappa shape index (κ2) is 9.35. The van der Waals surface area contributed by atoms with Gasteiger partial charge in [-0.15, -0.1) is 0 Å². The van der Waals surface area contributed by atoms with Crippen LogP contribution in [0, 0.1) is 13.8 Å². The van der Waals surface area contributed by atoms with E-state index in [2.05, 4.69) is 16.7 Å². The van der Waals surface area contributed by atoms with Gasteiger partial charge in [0.05, 0.1) is 6.10 Å². The smallest absolute Gasteiger partial charge is 0.225 e. The molecule has 0 aromatic heterocycles. The predicted octanol–water partition coefficient (Wildman–Crippen LogP) is 3.21. The largest absolute Gasteiger partial charge is 0.391 e. The molecule has 3 N–H and O–H groups in total. The number of aliphatic hydroxyl groups excluding tert-OH is 1. The quantitative estimate of drug-likeness (QED) is 0.691. The maximum Gasteiger partial charge on any atom is 0.225 e. The van der Waals surface area contributed by atoms with Crippen molar-refractivity contribution in [3.63, 3.8) is 0 Å². The maximum absolute atomic E-state index is 12.2. The van der Waals surface area contributed by atoms with Gasteiger partial charge in [0.2, 0.25) is 5.91 Å². The van der Waals surface area contributed by atoms with Gasteiger partial charge in [-0.05, 0) is 44.4 Å². The highest BCUT2D eigenvalue weighted by Gasteiger charge is 2.12. The number of carbonyl (C=O) groups is 1. The van der Waals surface area contributed by atoms with E-state index < -0.39 is 6.10 Å². The molecule has 2 aromatic rings. The van der Waals surface area contributed by atoms with E-state index in [-0.39, 0.29) is 11.9 Å². The van der Waals surface area contributed by atoms with E-state index in [0.29, 0.717) is 19.4 Å². The van der Waals surface area contributed by atoms with Crippen LogP contribution in [-0.4, -0.2) is 29.7 Å². The molecule has 0 aliphatic carbocycles. The lowest BCUT2D eigenvalue weighted by Gasteiger charge is -2.17. The van der Waals surface area contributed by atoms with Gasteiger partial charge in [0.15, 0.2) is 0 Å². The molecule has 0 heterocycles.